The van der Waals surface area contributed by atoms with E-state index in [1.54, 1.807) is 18.2 Å². The lowest BCUT2D eigenvalue weighted by atomic mass is 10.1. The molecule has 96 valence electrons. The molecule has 0 amide bonds. The van der Waals surface area contributed by atoms with Gasteiger partial charge in [-0.1, -0.05) is 43.3 Å². The van der Waals surface area contributed by atoms with E-state index >= 15 is 0 Å². The topological polar surface area (TPSA) is 52.6 Å². The first kappa shape index (κ1) is 12.9. The van der Waals surface area contributed by atoms with Crippen LogP contribution in [0.3, 0.4) is 0 Å². The summed E-state index contributed by atoms with van der Waals surface area (Å²) in [7, 11) is -3.99. The van der Waals surface area contributed by atoms with Gasteiger partial charge in [0, 0.05) is 5.39 Å². The zero-order valence-corrected chi connectivity index (χ0v) is 10.8. The number of fused-ring (bicyclic) bond motifs is 1. The Morgan fingerprint density at radius 1 is 1.06 bits per heavy atom. The number of rotatable bonds is 5. The molecule has 0 unspecified atom stereocenters. The van der Waals surface area contributed by atoms with E-state index in [0.29, 0.717) is 6.42 Å². The smallest absolute Gasteiger partial charge is 0.361 e. The molecule has 18 heavy (non-hydrogen) atoms. The SMILES string of the molecule is CCCOS(=O)(=O)Oc1cccc2ccccc12. The van der Waals surface area contributed by atoms with E-state index in [1.165, 1.54) is 0 Å². The van der Waals surface area contributed by atoms with Crippen molar-refractivity contribution in [1.82, 2.24) is 0 Å². The minimum Gasteiger partial charge on any atom is -0.361 e. The number of benzene rings is 2. The van der Waals surface area contributed by atoms with Crippen LogP contribution < -0.4 is 4.18 Å². The average molecular weight is 266 g/mol. The lowest BCUT2D eigenvalue weighted by Gasteiger charge is -2.08. The highest BCUT2D eigenvalue weighted by atomic mass is 32.3. The van der Waals surface area contributed by atoms with E-state index in [0.717, 1.165) is 10.8 Å². The van der Waals surface area contributed by atoms with Gasteiger partial charge in [0.1, 0.15) is 0 Å². The van der Waals surface area contributed by atoms with Crippen LogP contribution in [0.1, 0.15) is 13.3 Å². The molecule has 0 N–H and O–H groups in total. The predicted octanol–water partition coefficient (Wildman–Crippen LogP) is 2.89. The molecule has 0 aliphatic carbocycles. The largest absolute Gasteiger partial charge is 0.449 e. The molecule has 0 aromatic heterocycles. The van der Waals surface area contributed by atoms with E-state index in [-0.39, 0.29) is 12.4 Å². The van der Waals surface area contributed by atoms with Crippen LogP contribution in [0.15, 0.2) is 42.5 Å². The maximum absolute atomic E-state index is 11.6. The zero-order valence-electron chi connectivity index (χ0n) is 10.00. The molecule has 0 heterocycles. The summed E-state index contributed by atoms with van der Waals surface area (Å²) in [6.07, 6.45) is 0.609. The normalized spacial score (nSPS) is 11.6. The third-order valence-electron chi connectivity index (χ3n) is 2.37. The number of hydrogen-bond acceptors (Lipinski definition) is 4. The summed E-state index contributed by atoms with van der Waals surface area (Å²) in [4.78, 5) is 0. The van der Waals surface area contributed by atoms with Gasteiger partial charge in [-0.3, -0.25) is 0 Å². The predicted molar refractivity (Wildman–Crippen MR) is 69.7 cm³/mol. The van der Waals surface area contributed by atoms with Gasteiger partial charge >= 0.3 is 10.4 Å². The van der Waals surface area contributed by atoms with Crippen LogP contribution in [-0.4, -0.2) is 15.0 Å². The molecular formula is C13H14O4S. The molecule has 0 saturated carbocycles. The van der Waals surface area contributed by atoms with Crippen molar-refractivity contribution < 1.29 is 16.8 Å². The molecule has 0 atom stereocenters. The second-order valence-electron chi connectivity index (χ2n) is 3.79. The van der Waals surface area contributed by atoms with Crippen molar-refractivity contribution in [1.29, 1.82) is 0 Å². The summed E-state index contributed by atoms with van der Waals surface area (Å²) in [5, 5.41) is 1.66. The van der Waals surface area contributed by atoms with Gasteiger partial charge in [-0.05, 0) is 17.9 Å². The summed E-state index contributed by atoms with van der Waals surface area (Å²) in [6, 6.07) is 12.6. The Morgan fingerprint density at radius 3 is 2.56 bits per heavy atom. The molecule has 0 saturated heterocycles. The maximum atomic E-state index is 11.6. The Bertz CT molecular complexity index is 629. The van der Waals surface area contributed by atoms with E-state index < -0.39 is 10.4 Å². The van der Waals surface area contributed by atoms with E-state index in [9.17, 15) is 8.42 Å². The van der Waals surface area contributed by atoms with Crippen molar-refractivity contribution in [3.8, 4) is 5.75 Å². The Hall–Kier alpha value is -1.59. The Morgan fingerprint density at radius 2 is 1.78 bits per heavy atom. The van der Waals surface area contributed by atoms with Crippen LogP contribution in [-0.2, 0) is 14.6 Å². The molecule has 0 spiro atoms. The third kappa shape index (κ3) is 3.00. The standard InChI is InChI=1S/C13H14O4S/c1-2-10-16-18(14,15)17-13-9-5-7-11-6-3-4-8-12(11)13/h3-9H,2,10H2,1H3. The first-order chi connectivity index (χ1) is 8.62. The Labute approximate surface area is 106 Å². The van der Waals surface area contributed by atoms with Crippen LogP contribution in [0, 0.1) is 0 Å². The summed E-state index contributed by atoms with van der Waals surface area (Å²) in [6.45, 7) is 1.94. The minimum absolute atomic E-state index is 0.118. The lowest BCUT2D eigenvalue weighted by molar-refractivity contribution is 0.274. The molecule has 2 aromatic carbocycles. The van der Waals surface area contributed by atoms with Crippen molar-refractivity contribution in [3.05, 3.63) is 42.5 Å². The van der Waals surface area contributed by atoms with Gasteiger partial charge in [0.25, 0.3) is 0 Å². The van der Waals surface area contributed by atoms with Crippen LogP contribution in [0.2, 0.25) is 0 Å². The Kier molecular flexibility index (Phi) is 3.84. The van der Waals surface area contributed by atoms with Gasteiger partial charge in [-0.15, -0.1) is 0 Å². The highest BCUT2D eigenvalue weighted by molar-refractivity contribution is 7.82. The van der Waals surface area contributed by atoms with Crippen molar-refractivity contribution in [2.45, 2.75) is 13.3 Å². The van der Waals surface area contributed by atoms with E-state index in [2.05, 4.69) is 4.18 Å². The van der Waals surface area contributed by atoms with Crippen molar-refractivity contribution in [2.24, 2.45) is 0 Å². The van der Waals surface area contributed by atoms with Crippen LogP contribution in [0.25, 0.3) is 10.8 Å². The van der Waals surface area contributed by atoms with Crippen molar-refractivity contribution in [2.75, 3.05) is 6.61 Å². The average Bonchev–Trinajstić information content (AvgIpc) is 2.37. The van der Waals surface area contributed by atoms with Gasteiger partial charge in [0.15, 0.2) is 5.75 Å². The molecule has 2 rings (SSSR count). The van der Waals surface area contributed by atoms with Gasteiger partial charge < -0.3 is 4.18 Å². The molecule has 4 nitrogen and oxygen atoms in total. The summed E-state index contributed by atoms with van der Waals surface area (Å²) < 4.78 is 32.8. The molecule has 0 fully saturated rings. The monoisotopic (exact) mass is 266 g/mol. The second-order valence-corrected chi connectivity index (χ2v) is 5.01. The van der Waals surface area contributed by atoms with E-state index in [1.807, 2.05) is 31.2 Å². The van der Waals surface area contributed by atoms with Crippen molar-refractivity contribution in [3.63, 3.8) is 0 Å². The zero-order chi connectivity index (χ0) is 13.0. The van der Waals surface area contributed by atoms with Gasteiger partial charge in [0.05, 0.1) is 6.61 Å². The third-order valence-corrected chi connectivity index (χ3v) is 3.21. The van der Waals surface area contributed by atoms with Crippen LogP contribution >= 0.6 is 0 Å². The molecule has 5 heteroatoms. The molecule has 0 bridgehead atoms. The first-order valence-corrected chi connectivity index (χ1v) is 7.02. The minimum atomic E-state index is -3.99. The number of hydrogen-bond donors (Lipinski definition) is 0. The van der Waals surface area contributed by atoms with Crippen LogP contribution in [0.5, 0.6) is 5.75 Å². The second kappa shape index (κ2) is 5.37. The van der Waals surface area contributed by atoms with Gasteiger partial charge in [0.2, 0.25) is 0 Å². The fourth-order valence-corrected chi connectivity index (χ4v) is 2.37. The highest BCUT2D eigenvalue weighted by Gasteiger charge is 2.14. The lowest BCUT2D eigenvalue weighted by Crippen LogP contribution is -2.13. The molecular weight excluding hydrogens is 252 g/mol. The summed E-state index contributed by atoms with van der Waals surface area (Å²) >= 11 is 0. The van der Waals surface area contributed by atoms with Gasteiger partial charge in [-0.25, -0.2) is 4.18 Å². The molecule has 2 aromatic rings. The molecule has 0 aliphatic heterocycles. The molecule has 0 aliphatic rings. The molecule has 0 radical (unpaired) electrons. The Balaban J connectivity index is 2.32. The van der Waals surface area contributed by atoms with Gasteiger partial charge in [-0.2, -0.15) is 8.42 Å². The van der Waals surface area contributed by atoms with E-state index in [4.69, 9.17) is 4.18 Å². The fourth-order valence-electron chi connectivity index (χ4n) is 1.59. The summed E-state index contributed by atoms with van der Waals surface area (Å²) in [5.74, 6) is 0.282. The quantitative estimate of drug-likeness (QED) is 0.835. The first-order valence-electron chi connectivity index (χ1n) is 5.69. The van der Waals surface area contributed by atoms with Crippen molar-refractivity contribution >= 4 is 21.2 Å². The maximum Gasteiger partial charge on any atom is 0.449 e. The summed E-state index contributed by atoms with van der Waals surface area (Å²) in [5.41, 5.74) is 0. The fraction of sp³-hybridized carbons (Fsp3) is 0.231. The van der Waals surface area contributed by atoms with Crippen LogP contribution in [0.4, 0.5) is 0 Å². The highest BCUT2D eigenvalue weighted by Crippen LogP contribution is 2.26.